The van der Waals surface area contributed by atoms with Crippen molar-refractivity contribution in [2.75, 3.05) is 24.6 Å². The van der Waals surface area contributed by atoms with Crippen LogP contribution in [0.2, 0.25) is 0 Å². The Hall–Kier alpha value is 0.110. The van der Waals surface area contributed by atoms with Crippen LogP contribution in [-0.2, 0) is 10.8 Å². The highest BCUT2D eigenvalue weighted by Gasteiger charge is 2.00. The van der Waals surface area contributed by atoms with Crippen LogP contribution in [0.3, 0.4) is 0 Å². The summed E-state index contributed by atoms with van der Waals surface area (Å²) in [5.74, 6) is 2.34. The predicted octanol–water partition coefficient (Wildman–Crippen LogP) is 1.39. The average molecular weight is 191 g/mol. The first kappa shape index (κ1) is 12.1. The third kappa shape index (κ3) is 8.21. The van der Waals surface area contributed by atoms with Crippen molar-refractivity contribution >= 4 is 10.8 Å². The van der Waals surface area contributed by atoms with E-state index in [1.807, 2.05) is 0 Å². The average Bonchev–Trinajstić information content (AvgIpc) is 2.01. The molecule has 0 aromatic rings. The Morgan fingerprint density at radius 2 is 2.00 bits per heavy atom. The van der Waals surface area contributed by atoms with Crippen LogP contribution in [0.1, 0.15) is 27.2 Å². The zero-order chi connectivity index (χ0) is 9.40. The van der Waals surface area contributed by atoms with E-state index in [0.29, 0.717) is 5.92 Å². The lowest BCUT2D eigenvalue weighted by molar-refractivity contribution is 0.618. The Kier molecular flexibility index (Phi) is 7.81. The van der Waals surface area contributed by atoms with Gasteiger partial charge >= 0.3 is 0 Å². The van der Waals surface area contributed by atoms with Crippen LogP contribution in [0.15, 0.2) is 0 Å². The molecule has 0 radical (unpaired) electrons. The monoisotopic (exact) mass is 191 g/mol. The van der Waals surface area contributed by atoms with Crippen LogP contribution in [0, 0.1) is 5.92 Å². The fraction of sp³-hybridized carbons (Fsp3) is 1.00. The summed E-state index contributed by atoms with van der Waals surface area (Å²) in [6.45, 7) is 8.27. The van der Waals surface area contributed by atoms with E-state index in [2.05, 4.69) is 26.1 Å². The topological polar surface area (TPSA) is 29.1 Å². The Morgan fingerprint density at radius 1 is 1.33 bits per heavy atom. The molecule has 0 saturated carbocycles. The summed E-state index contributed by atoms with van der Waals surface area (Å²) in [6.07, 6.45) is 1.08. The molecular weight excluding hydrogens is 170 g/mol. The van der Waals surface area contributed by atoms with E-state index in [4.69, 9.17) is 0 Å². The summed E-state index contributed by atoms with van der Waals surface area (Å²) in [4.78, 5) is 0. The van der Waals surface area contributed by atoms with Gasteiger partial charge in [-0.15, -0.1) is 0 Å². The number of hydrogen-bond donors (Lipinski definition) is 1. The van der Waals surface area contributed by atoms with Gasteiger partial charge in [-0.3, -0.25) is 4.21 Å². The van der Waals surface area contributed by atoms with Crippen molar-refractivity contribution in [3.05, 3.63) is 0 Å². The van der Waals surface area contributed by atoms with E-state index in [1.54, 1.807) is 0 Å². The number of nitrogens with one attached hydrogen (secondary N) is 1. The van der Waals surface area contributed by atoms with Crippen LogP contribution in [0.5, 0.6) is 0 Å². The SMILES string of the molecule is CCNCCS(=O)CCC(C)C. The highest BCUT2D eigenvalue weighted by Crippen LogP contribution is 2.00. The van der Waals surface area contributed by atoms with Crippen LogP contribution in [-0.4, -0.2) is 28.8 Å². The minimum absolute atomic E-state index is 0.605. The molecule has 0 rings (SSSR count). The number of hydrogen-bond acceptors (Lipinski definition) is 2. The third-order valence-electron chi connectivity index (χ3n) is 1.68. The van der Waals surface area contributed by atoms with Gasteiger partial charge < -0.3 is 5.32 Å². The van der Waals surface area contributed by atoms with Crippen molar-refractivity contribution in [3.8, 4) is 0 Å². The lowest BCUT2D eigenvalue weighted by Gasteiger charge is -2.04. The minimum atomic E-state index is -0.605. The maximum atomic E-state index is 11.3. The molecular formula is C9H21NOS. The molecule has 0 aromatic carbocycles. The summed E-state index contributed by atoms with van der Waals surface area (Å²) in [6, 6.07) is 0. The first-order valence-electron chi connectivity index (χ1n) is 4.72. The van der Waals surface area contributed by atoms with Crippen LogP contribution in [0.4, 0.5) is 0 Å². The predicted molar refractivity (Wildman–Crippen MR) is 55.9 cm³/mol. The van der Waals surface area contributed by atoms with E-state index in [1.165, 1.54) is 0 Å². The van der Waals surface area contributed by atoms with Crippen molar-refractivity contribution < 1.29 is 4.21 Å². The Balaban J connectivity index is 3.22. The molecule has 0 heterocycles. The lowest BCUT2D eigenvalue weighted by Crippen LogP contribution is -2.21. The van der Waals surface area contributed by atoms with E-state index in [-0.39, 0.29) is 0 Å². The zero-order valence-corrected chi connectivity index (χ0v) is 9.25. The Morgan fingerprint density at radius 3 is 2.50 bits per heavy atom. The van der Waals surface area contributed by atoms with Gasteiger partial charge in [0.2, 0.25) is 0 Å². The first-order chi connectivity index (χ1) is 5.66. The fourth-order valence-corrected chi connectivity index (χ4v) is 2.14. The molecule has 0 aliphatic rings. The summed E-state index contributed by atoms with van der Waals surface area (Å²) >= 11 is 0. The Labute approximate surface area is 78.6 Å². The van der Waals surface area contributed by atoms with Gasteiger partial charge in [0.25, 0.3) is 0 Å². The van der Waals surface area contributed by atoms with E-state index in [9.17, 15) is 4.21 Å². The molecule has 0 saturated heterocycles. The first-order valence-corrected chi connectivity index (χ1v) is 6.21. The van der Waals surface area contributed by atoms with Gasteiger partial charge in [0.1, 0.15) is 0 Å². The van der Waals surface area contributed by atoms with Gasteiger partial charge in [-0.2, -0.15) is 0 Å². The van der Waals surface area contributed by atoms with Crippen molar-refractivity contribution in [1.29, 1.82) is 0 Å². The van der Waals surface area contributed by atoms with Crippen molar-refractivity contribution in [1.82, 2.24) is 5.32 Å². The van der Waals surface area contributed by atoms with Crippen molar-refractivity contribution in [3.63, 3.8) is 0 Å². The van der Waals surface area contributed by atoms with Gasteiger partial charge in [0.05, 0.1) is 0 Å². The maximum absolute atomic E-state index is 11.3. The van der Waals surface area contributed by atoms with E-state index in [0.717, 1.165) is 31.0 Å². The maximum Gasteiger partial charge on any atom is 0.0360 e. The van der Waals surface area contributed by atoms with Crippen LogP contribution in [0.25, 0.3) is 0 Å². The van der Waals surface area contributed by atoms with Gasteiger partial charge in [-0.05, 0) is 18.9 Å². The highest BCUT2D eigenvalue weighted by atomic mass is 32.2. The molecule has 3 heteroatoms. The second kappa shape index (κ2) is 7.74. The number of rotatable bonds is 7. The lowest BCUT2D eigenvalue weighted by atomic mass is 10.2. The summed E-state index contributed by atoms with van der Waals surface area (Å²) < 4.78 is 11.3. The molecule has 0 fully saturated rings. The molecule has 0 aromatic heterocycles. The van der Waals surface area contributed by atoms with E-state index >= 15 is 0 Å². The van der Waals surface area contributed by atoms with Crippen molar-refractivity contribution in [2.24, 2.45) is 5.92 Å². The quantitative estimate of drug-likeness (QED) is 0.616. The second-order valence-corrected chi connectivity index (χ2v) is 5.08. The second-order valence-electron chi connectivity index (χ2n) is 3.38. The molecule has 0 amide bonds. The van der Waals surface area contributed by atoms with Gasteiger partial charge in [-0.1, -0.05) is 20.8 Å². The smallest absolute Gasteiger partial charge is 0.0360 e. The molecule has 0 aliphatic heterocycles. The molecule has 1 unspecified atom stereocenters. The molecule has 1 N–H and O–H groups in total. The summed E-state index contributed by atoms with van der Waals surface area (Å²) in [7, 11) is -0.605. The molecule has 74 valence electrons. The minimum Gasteiger partial charge on any atom is -0.316 e. The van der Waals surface area contributed by atoms with Crippen LogP contribution < -0.4 is 5.32 Å². The Bertz CT molecular complexity index is 126. The van der Waals surface area contributed by atoms with Gasteiger partial charge in [0, 0.05) is 28.9 Å². The summed E-state index contributed by atoms with van der Waals surface area (Å²) in [5.41, 5.74) is 0. The molecule has 0 spiro atoms. The zero-order valence-electron chi connectivity index (χ0n) is 8.43. The molecule has 2 nitrogen and oxygen atoms in total. The van der Waals surface area contributed by atoms with Crippen LogP contribution >= 0.6 is 0 Å². The van der Waals surface area contributed by atoms with Gasteiger partial charge in [0.15, 0.2) is 0 Å². The summed E-state index contributed by atoms with van der Waals surface area (Å²) in [5, 5.41) is 3.17. The fourth-order valence-electron chi connectivity index (χ4n) is 0.832. The van der Waals surface area contributed by atoms with E-state index < -0.39 is 10.8 Å². The largest absolute Gasteiger partial charge is 0.316 e. The highest BCUT2D eigenvalue weighted by molar-refractivity contribution is 7.84. The third-order valence-corrected chi connectivity index (χ3v) is 3.03. The molecule has 1 atom stereocenters. The molecule has 12 heavy (non-hydrogen) atoms. The molecule has 0 aliphatic carbocycles. The van der Waals surface area contributed by atoms with Gasteiger partial charge in [-0.25, -0.2) is 0 Å². The molecule has 0 bridgehead atoms. The normalized spacial score (nSPS) is 13.7. The van der Waals surface area contributed by atoms with Crippen molar-refractivity contribution in [2.45, 2.75) is 27.2 Å². The standard InChI is InChI=1S/C9H21NOS/c1-4-10-6-8-12(11)7-5-9(2)3/h9-10H,4-8H2,1-3H3.